The minimum absolute atomic E-state index is 0.226. The number of hydrogen-bond acceptors (Lipinski definition) is 6. The molecule has 2 heterocycles. The highest BCUT2D eigenvalue weighted by Gasteiger charge is 2.28. The summed E-state index contributed by atoms with van der Waals surface area (Å²) in [6, 6.07) is 12.8. The molecule has 1 aliphatic rings. The van der Waals surface area contributed by atoms with Gasteiger partial charge in [0, 0.05) is 43.2 Å². The van der Waals surface area contributed by atoms with Crippen LogP contribution in [-0.4, -0.2) is 45.1 Å². The largest absolute Gasteiger partial charge is 0.472 e. The van der Waals surface area contributed by atoms with Crippen LogP contribution in [0, 0.1) is 0 Å². The molecule has 0 aliphatic carbocycles. The summed E-state index contributed by atoms with van der Waals surface area (Å²) >= 11 is 0. The van der Waals surface area contributed by atoms with Crippen molar-refractivity contribution in [3.8, 4) is 0 Å². The monoisotopic (exact) mass is 471 g/mol. The van der Waals surface area contributed by atoms with Gasteiger partial charge in [0.1, 0.15) is 0 Å². The molecule has 0 unspecified atom stereocenters. The summed E-state index contributed by atoms with van der Waals surface area (Å²) in [6.45, 7) is 4.29. The number of ether oxygens (including phenoxy) is 1. The van der Waals surface area contributed by atoms with Gasteiger partial charge in [0.2, 0.25) is 10.0 Å². The van der Waals surface area contributed by atoms with E-state index in [0.717, 1.165) is 16.5 Å². The van der Waals surface area contributed by atoms with Gasteiger partial charge in [0.05, 0.1) is 24.0 Å². The Kier molecular flexibility index (Phi) is 7.32. The number of rotatable bonds is 8. The van der Waals surface area contributed by atoms with Crippen LogP contribution in [0.1, 0.15) is 30.9 Å². The molecule has 3 aromatic rings. The molecule has 1 fully saturated rings. The number of fused-ring (bicyclic) bond motifs is 1. The van der Waals surface area contributed by atoms with E-state index in [1.807, 2.05) is 36.4 Å². The average Bonchev–Trinajstić information content (AvgIpc) is 3.33. The van der Waals surface area contributed by atoms with Crippen LogP contribution in [0.5, 0.6) is 0 Å². The Morgan fingerprint density at radius 3 is 2.55 bits per heavy atom. The Labute approximate surface area is 194 Å². The second kappa shape index (κ2) is 10.4. The summed E-state index contributed by atoms with van der Waals surface area (Å²) in [5.41, 5.74) is 2.08. The van der Waals surface area contributed by atoms with Crippen molar-refractivity contribution in [3.63, 3.8) is 0 Å². The van der Waals surface area contributed by atoms with Crippen LogP contribution in [0.3, 0.4) is 0 Å². The van der Waals surface area contributed by atoms with Crippen molar-refractivity contribution in [3.05, 3.63) is 66.1 Å². The van der Waals surface area contributed by atoms with Crippen molar-refractivity contribution in [2.24, 2.45) is 0 Å². The van der Waals surface area contributed by atoms with Crippen LogP contribution < -0.4 is 10.0 Å². The maximum Gasteiger partial charge on any atom is 0.409 e. The fourth-order valence-electron chi connectivity index (χ4n) is 4.13. The lowest BCUT2D eigenvalue weighted by Crippen LogP contribution is -2.46. The third-order valence-electron chi connectivity index (χ3n) is 5.83. The third-order valence-corrected chi connectivity index (χ3v) is 7.41. The van der Waals surface area contributed by atoms with Crippen molar-refractivity contribution in [2.45, 2.75) is 43.8 Å². The maximum atomic E-state index is 13.3. The molecule has 0 saturated carbocycles. The number of hydrogen-bond donors (Lipinski definition) is 2. The van der Waals surface area contributed by atoms with Gasteiger partial charge < -0.3 is 19.4 Å². The number of benzene rings is 2. The highest BCUT2D eigenvalue weighted by atomic mass is 32.2. The summed E-state index contributed by atoms with van der Waals surface area (Å²) in [5, 5.41) is 4.97. The lowest BCUT2D eigenvalue weighted by Gasteiger charge is -2.31. The fraction of sp³-hybridized carbons (Fsp3) is 0.375. The maximum absolute atomic E-state index is 13.3. The quantitative estimate of drug-likeness (QED) is 0.520. The molecule has 9 heteroatoms. The van der Waals surface area contributed by atoms with Crippen LogP contribution in [0.25, 0.3) is 10.8 Å². The van der Waals surface area contributed by atoms with Gasteiger partial charge in [-0.3, -0.25) is 0 Å². The predicted molar refractivity (Wildman–Crippen MR) is 125 cm³/mol. The second-order valence-electron chi connectivity index (χ2n) is 8.09. The summed E-state index contributed by atoms with van der Waals surface area (Å²) in [5.74, 6) is 0. The number of furan rings is 1. The lowest BCUT2D eigenvalue weighted by atomic mass is 10.0. The van der Waals surface area contributed by atoms with Crippen LogP contribution in [0.4, 0.5) is 4.79 Å². The molecule has 0 bridgehead atoms. The summed E-state index contributed by atoms with van der Waals surface area (Å²) in [6.07, 6.45) is 4.09. The number of sulfonamides is 1. The lowest BCUT2D eigenvalue weighted by molar-refractivity contribution is 0.0966. The molecular formula is C24H29N3O5S. The first kappa shape index (κ1) is 23.3. The predicted octanol–water partition coefficient (Wildman–Crippen LogP) is 3.62. The van der Waals surface area contributed by atoms with Gasteiger partial charge in [-0.15, -0.1) is 0 Å². The number of carbonyl (C=O) groups is 1. The van der Waals surface area contributed by atoms with Crippen LogP contribution in [0.15, 0.2) is 64.3 Å². The molecular weight excluding hydrogens is 442 g/mol. The topological polar surface area (TPSA) is 101 Å². The van der Waals surface area contributed by atoms with E-state index in [2.05, 4.69) is 10.0 Å². The minimum Gasteiger partial charge on any atom is -0.472 e. The molecule has 0 spiro atoms. The van der Waals surface area contributed by atoms with Gasteiger partial charge >= 0.3 is 6.09 Å². The van der Waals surface area contributed by atoms with Gasteiger partial charge in [-0.05, 0) is 42.8 Å². The number of nitrogens with one attached hydrogen (secondary N) is 2. The average molecular weight is 472 g/mol. The highest BCUT2D eigenvalue weighted by Crippen LogP contribution is 2.27. The first-order valence-corrected chi connectivity index (χ1v) is 12.6. The fourth-order valence-corrected chi connectivity index (χ4v) is 5.65. The Balaban J connectivity index is 1.46. The van der Waals surface area contributed by atoms with Gasteiger partial charge in [-0.1, -0.05) is 30.3 Å². The summed E-state index contributed by atoms with van der Waals surface area (Å²) < 4.78 is 39.5. The van der Waals surface area contributed by atoms with Crippen molar-refractivity contribution in [1.29, 1.82) is 0 Å². The molecule has 176 valence electrons. The number of amides is 1. The van der Waals surface area contributed by atoms with E-state index >= 15 is 0 Å². The van der Waals surface area contributed by atoms with Gasteiger partial charge in [0.15, 0.2) is 0 Å². The zero-order valence-electron chi connectivity index (χ0n) is 18.6. The number of likely N-dealkylation sites (tertiary alicyclic amines) is 1. The molecule has 2 aromatic carbocycles. The number of carbonyl (C=O) groups excluding carboxylic acids is 1. The Morgan fingerprint density at radius 2 is 1.85 bits per heavy atom. The first-order chi connectivity index (χ1) is 16.0. The standard InChI is InChI=1S/C24H29N3O5S/c1-2-32-24(28)27-12-9-20(10-13-27)26-33(29,30)23-8-7-19(21-5-3-4-6-22(21)23)16-25-15-18-11-14-31-17-18/h3-8,11,14,17,20,25-26H,2,9-10,12-13,15-16H2,1H3. The van der Waals surface area contributed by atoms with E-state index < -0.39 is 10.0 Å². The SMILES string of the molecule is CCOC(=O)N1CCC(NS(=O)(=O)c2ccc(CNCc3ccoc3)c3ccccc23)CC1. The molecule has 1 amide bonds. The Morgan fingerprint density at radius 1 is 1.09 bits per heavy atom. The summed E-state index contributed by atoms with van der Waals surface area (Å²) in [7, 11) is -3.72. The van der Waals surface area contributed by atoms with Crippen LogP contribution >= 0.6 is 0 Å². The van der Waals surface area contributed by atoms with E-state index in [0.29, 0.717) is 51.0 Å². The Hall–Kier alpha value is -2.88. The van der Waals surface area contributed by atoms with Crippen molar-refractivity contribution in [2.75, 3.05) is 19.7 Å². The molecule has 1 aromatic heterocycles. The van der Waals surface area contributed by atoms with Crippen LogP contribution in [0.2, 0.25) is 0 Å². The van der Waals surface area contributed by atoms with Crippen LogP contribution in [-0.2, 0) is 27.8 Å². The zero-order valence-corrected chi connectivity index (χ0v) is 19.4. The van der Waals surface area contributed by atoms with Crippen molar-refractivity contribution >= 4 is 26.9 Å². The normalized spacial score (nSPS) is 15.1. The van der Waals surface area contributed by atoms with Crippen molar-refractivity contribution < 1.29 is 22.4 Å². The summed E-state index contributed by atoms with van der Waals surface area (Å²) in [4.78, 5) is 13.8. The minimum atomic E-state index is -3.72. The van der Waals surface area contributed by atoms with E-state index in [-0.39, 0.29) is 17.0 Å². The molecule has 0 atom stereocenters. The Bertz CT molecular complexity index is 1190. The van der Waals surface area contributed by atoms with Gasteiger partial charge in [-0.25, -0.2) is 17.9 Å². The molecule has 1 saturated heterocycles. The third kappa shape index (κ3) is 5.55. The van der Waals surface area contributed by atoms with E-state index in [4.69, 9.17) is 9.15 Å². The number of piperidine rings is 1. The highest BCUT2D eigenvalue weighted by molar-refractivity contribution is 7.89. The molecule has 2 N–H and O–H groups in total. The second-order valence-corrected chi connectivity index (χ2v) is 9.77. The molecule has 0 radical (unpaired) electrons. The van der Waals surface area contributed by atoms with Gasteiger partial charge in [0.25, 0.3) is 0 Å². The van der Waals surface area contributed by atoms with E-state index in [1.54, 1.807) is 30.4 Å². The van der Waals surface area contributed by atoms with E-state index in [9.17, 15) is 13.2 Å². The van der Waals surface area contributed by atoms with E-state index in [1.165, 1.54) is 0 Å². The van der Waals surface area contributed by atoms with Crippen molar-refractivity contribution in [1.82, 2.24) is 14.9 Å². The molecule has 8 nitrogen and oxygen atoms in total. The van der Waals surface area contributed by atoms with Gasteiger partial charge in [-0.2, -0.15) is 0 Å². The number of nitrogens with zero attached hydrogens (tertiary/aromatic N) is 1. The molecule has 4 rings (SSSR count). The molecule has 1 aliphatic heterocycles. The molecule has 33 heavy (non-hydrogen) atoms. The zero-order chi connectivity index (χ0) is 23.3. The first-order valence-electron chi connectivity index (χ1n) is 11.1. The smallest absolute Gasteiger partial charge is 0.409 e.